The van der Waals surface area contributed by atoms with E-state index in [1.165, 1.54) is 18.2 Å². The number of Topliss-reactive ketones (excluding diaryl/α,β-unsaturated/α-hetero) is 1. The molecule has 0 saturated heterocycles. The Bertz CT molecular complexity index is 1180. The van der Waals surface area contributed by atoms with Gasteiger partial charge in [0.2, 0.25) is 5.88 Å². The van der Waals surface area contributed by atoms with E-state index in [1.807, 2.05) is 0 Å². The summed E-state index contributed by atoms with van der Waals surface area (Å²) in [5.74, 6) is -3.12. The van der Waals surface area contributed by atoms with Gasteiger partial charge in [0.25, 0.3) is 15.8 Å². The number of ketones is 1. The molecular formula is C16H11Br2N3O5S. The number of nitrogens with one attached hydrogen (secondary N) is 2. The first-order chi connectivity index (χ1) is 12.6. The number of carbonyl (C=O) groups is 2. The van der Waals surface area contributed by atoms with Crippen molar-refractivity contribution < 1.29 is 23.1 Å². The van der Waals surface area contributed by atoms with Crippen LogP contribution >= 0.6 is 31.9 Å². The minimum atomic E-state index is -4.35. The van der Waals surface area contributed by atoms with Crippen LogP contribution in [-0.4, -0.2) is 30.2 Å². The molecule has 0 atom stereocenters. The third kappa shape index (κ3) is 3.57. The zero-order chi connectivity index (χ0) is 19.9. The van der Waals surface area contributed by atoms with Crippen molar-refractivity contribution in [3.8, 4) is 5.88 Å². The summed E-state index contributed by atoms with van der Waals surface area (Å²) >= 11 is 6.23. The van der Waals surface area contributed by atoms with Crippen LogP contribution in [-0.2, 0) is 14.8 Å². The van der Waals surface area contributed by atoms with Crippen LogP contribution < -0.4 is 10.5 Å². The predicted octanol–water partition coefficient (Wildman–Crippen LogP) is 2.67. The van der Waals surface area contributed by atoms with Crippen LogP contribution in [0.5, 0.6) is 5.88 Å². The third-order valence-corrected chi connectivity index (χ3v) is 6.33. The summed E-state index contributed by atoms with van der Waals surface area (Å²) in [5, 5.41) is 10.2. The minimum Gasteiger partial charge on any atom is -0.494 e. The smallest absolute Gasteiger partial charge is 0.306 e. The summed E-state index contributed by atoms with van der Waals surface area (Å²) in [4.78, 5) is 27.0. The van der Waals surface area contributed by atoms with E-state index in [1.54, 1.807) is 22.9 Å². The van der Waals surface area contributed by atoms with Crippen molar-refractivity contribution in [1.29, 1.82) is 0 Å². The molecule has 11 heteroatoms. The van der Waals surface area contributed by atoms with Gasteiger partial charge in [-0.15, -0.1) is 0 Å². The summed E-state index contributed by atoms with van der Waals surface area (Å²) in [7, 11) is -4.35. The van der Waals surface area contributed by atoms with Crippen molar-refractivity contribution in [3.63, 3.8) is 0 Å². The lowest BCUT2D eigenvalue weighted by atomic mass is 10.1. The summed E-state index contributed by atoms with van der Waals surface area (Å²) < 4.78 is 27.2. The van der Waals surface area contributed by atoms with Gasteiger partial charge in [-0.1, -0.05) is 18.2 Å². The molecule has 0 unspecified atom stereocenters. The second-order valence-corrected chi connectivity index (χ2v) is 8.85. The van der Waals surface area contributed by atoms with Gasteiger partial charge < -0.3 is 15.8 Å². The Morgan fingerprint density at radius 2 is 1.70 bits per heavy atom. The fourth-order valence-electron chi connectivity index (χ4n) is 2.41. The first kappa shape index (κ1) is 19.4. The molecule has 1 amide bonds. The highest BCUT2D eigenvalue weighted by atomic mass is 79.9. The molecule has 0 bridgehead atoms. The lowest BCUT2D eigenvalue weighted by molar-refractivity contribution is -0.115. The lowest BCUT2D eigenvalue weighted by Gasteiger charge is -2.09. The van der Waals surface area contributed by atoms with Gasteiger partial charge in [-0.25, -0.2) is 13.1 Å². The number of nitrogens with two attached hydrogens (primary N) is 1. The summed E-state index contributed by atoms with van der Waals surface area (Å²) in [6.07, 6.45) is 0. The number of H-pyrrole nitrogens is 1. The number of aromatic amines is 1. The van der Waals surface area contributed by atoms with Crippen molar-refractivity contribution in [1.82, 2.24) is 9.71 Å². The van der Waals surface area contributed by atoms with Gasteiger partial charge in [0.1, 0.15) is 0 Å². The average Bonchev–Trinajstić information content (AvgIpc) is 2.93. The number of sulfonamides is 1. The van der Waals surface area contributed by atoms with E-state index in [4.69, 9.17) is 5.73 Å². The van der Waals surface area contributed by atoms with Gasteiger partial charge >= 0.3 is 5.91 Å². The van der Waals surface area contributed by atoms with Crippen LogP contribution in [0.3, 0.4) is 0 Å². The molecule has 0 aliphatic rings. The molecule has 0 fully saturated rings. The van der Waals surface area contributed by atoms with E-state index in [9.17, 15) is 23.1 Å². The zero-order valence-electron chi connectivity index (χ0n) is 13.3. The normalized spacial score (nSPS) is 11.5. The molecule has 27 heavy (non-hydrogen) atoms. The SMILES string of the molecule is Nc1c(Br)cc(S(=O)(=O)NC(=O)C(=O)c2c(O)[nH]c3ccccc23)cc1Br. The summed E-state index contributed by atoms with van der Waals surface area (Å²) in [5.41, 5.74) is 6.12. The average molecular weight is 517 g/mol. The highest BCUT2D eigenvalue weighted by Gasteiger charge is 2.29. The third-order valence-electron chi connectivity index (χ3n) is 3.71. The second-order valence-electron chi connectivity index (χ2n) is 5.46. The molecule has 5 N–H and O–H groups in total. The van der Waals surface area contributed by atoms with E-state index < -0.39 is 27.6 Å². The van der Waals surface area contributed by atoms with Crippen LogP contribution in [0.1, 0.15) is 10.4 Å². The number of hydrogen-bond acceptors (Lipinski definition) is 6. The highest BCUT2D eigenvalue weighted by molar-refractivity contribution is 9.11. The van der Waals surface area contributed by atoms with Crippen molar-refractivity contribution in [2.75, 3.05) is 5.73 Å². The molecule has 0 spiro atoms. The van der Waals surface area contributed by atoms with Crippen molar-refractivity contribution in [2.45, 2.75) is 4.90 Å². The lowest BCUT2D eigenvalue weighted by Crippen LogP contribution is -2.36. The molecule has 140 valence electrons. The maximum Gasteiger partial charge on any atom is 0.306 e. The van der Waals surface area contributed by atoms with Crippen LogP contribution in [0, 0.1) is 0 Å². The van der Waals surface area contributed by atoms with E-state index in [2.05, 4.69) is 36.8 Å². The number of aromatic nitrogens is 1. The zero-order valence-corrected chi connectivity index (χ0v) is 17.3. The first-order valence-corrected chi connectivity index (χ1v) is 10.3. The molecule has 0 saturated carbocycles. The van der Waals surface area contributed by atoms with Gasteiger partial charge in [0, 0.05) is 19.8 Å². The Hall–Kier alpha value is -2.37. The Balaban J connectivity index is 1.94. The molecule has 8 nitrogen and oxygen atoms in total. The molecule has 3 aromatic rings. The van der Waals surface area contributed by atoms with Gasteiger partial charge in [0.05, 0.1) is 16.1 Å². The van der Waals surface area contributed by atoms with Crippen LogP contribution in [0.15, 0.2) is 50.2 Å². The fourth-order valence-corrected chi connectivity index (χ4v) is 4.90. The number of para-hydroxylation sites is 1. The largest absolute Gasteiger partial charge is 0.494 e. The highest BCUT2D eigenvalue weighted by Crippen LogP contribution is 2.31. The molecule has 0 radical (unpaired) electrons. The number of fused-ring (bicyclic) bond motifs is 1. The molecule has 1 aromatic heterocycles. The molecule has 3 rings (SSSR count). The fraction of sp³-hybridized carbons (Fsp3) is 0. The Kier molecular flexibility index (Phi) is 5.02. The number of halogens is 2. The number of amides is 1. The monoisotopic (exact) mass is 515 g/mol. The standard InChI is InChI=1S/C16H11Br2N3O5S/c17-9-5-7(6-10(18)13(9)19)27(25,26)21-16(24)14(22)12-8-3-1-2-4-11(8)20-15(12)23/h1-6,20,23H,19H2,(H,21,24). The van der Waals surface area contributed by atoms with Crippen LogP contribution in [0.25, 0.3) is 10.9 Å². The number of nitrogen functional groups attached to an aromatic ring is 1. The minimum absolute atomic E-state index is 0.278. The van der Waals surface area contributed by atoms with Crippen molar-refractivity contribution in [2.24, 2.45) is 0 Å². The van der Waals surface area contributed by atoms with Gasteiger partial charge in [-0.2, -0.15) is 0 Å². The van der Waals surface area contributed by atoms with Crippen molar-refractivity contribution in [3.05, 3.63) is 50.9 Å². The Labute approximate surface area is 170 Å². The van der Waals surface area contributed by atoms with E-state index in [-0.39, 0.29) is 16.1 Å². The van der Waals surface area contributed by atoms with E-state index in [0.717, 1.165) is 0 Å². The van der Waals surface area contributed by atoms with Gasteiger partial charge in [-0.3, -0.25) is 9.59 Å². The quantitative estimate of drug-likeness (QED) is 0.238. The maximum absolute atomic E-state index is 12.4. The number of aromatic hydroxyl groups is 1. The molecule has 1 heterocycles. The molecule has 0 aliphatic heterocycles. The van der Waals surface area contributed by atoms with Gasteiger partial charge in [0.15, 0.2) is 0 Å². The maximum atomic E-state index is 12.4. The second kappa shape index (κ2) is 6.98. The topological polar surface area (TPSA) is 142 Å². The molecular weight excluding hydrogens is 506 g/mol. The first-order valence-electron chi connectivity index (χ1n) is 7.27. The van der Waals surface area contributed by atoms with E-state index in [0.29, 0.717) is 19.8 Å². The Morgan fingerprint density at radius 3 is 2.33 bits per heavy atom. The van der Waals surface area contributed by atoms with Gasteiger partial charge in [-0.05, 0) is 50.1 Å². The summed E-state index contributed by atoms with van der Waals surface area (Å²) in [6, 6.07) is 8.81. The number of carbonyl (C=O) groups excluding carboxylic acids is 2. The van der Waals surface area contributed by atoms with E-state index >= 15 is 0 Å². The summed E-state index contributed by atoms with van der Waals surface area (Å²) in [6.45, 7) is 0. The predicted molar refractivity (Wildman–Crippen MR) is 106 cm³/mol. The van der Waals surface area contributed by atoms with Crippen LogP contribution in [0.2, 0.25) is 0 Å². The van der Waals surface area contributed by atoms with Crippen LogP contribution in [0.4, 0.5) is 5.69 Å². The molecule has 0 aliphatic carbocycles. The number of rotatable bonds is 4. The van der Waals surface area contributed by atoms with Crippen molar-refractivity contribution >= 4 is 70.2 Å². The number of benzene rings is 2. The molecule has 2 aromatic carbocycles. The number of hydrogen-bond donors (Lipinski definition) is 4. The Morgan fingerprint density at radius 1 is 1.11 bits per heavy atom. The number of anilines is 1.